The van der Waals surface area contributed by atoms with Crippen LogP contribution < -0.4 is 0 Å². The number of halogens is 1. The Morgan fingerprint density at radius 2 is 1.83 bits per heavy atom. The standard InChI is InChI=1S/C23H30ClN3O2/c1-17(2)14-26(15-20-10-7-13-25(20)3)21(28)16-27(19-11-12-19)23(29)22(24)18-8-5-4-6-9-18/h4-10,13,17,19,22H,11-12,14-16H2,1-3H3. The summed E-state index contributed by atoms with van der Waals surface area (Å²) in [6, 6.07) is 13.5. The Bertz CT molecular complexity index is 830. The lowest BCUT2D eigenvalue weighted by atomic mass is 10.1. The molecule has 1 unspecified atom stereocenters. The molecule has 1 aliphatic rings. The first-order chi connectivity index (χ1) is 13.9. The molecular formula is C23H30ClN3O2. The number of rotatable bonds is 9. The number of benzene rings is 1. The van der Waals surface area contributed by atoms with E-state index in [1.165, 1.54) is 0 Å². The topological polar surface area (TPSA) is 45.6 Å². The van der Waals surface area contributed by atoms with E-state index in [0.29, 0.717) is 19.0 Å². The molecule has 0 N–H and O–H groups in total. The quantitative estimate of drug-likeness (QED) is 0.581. The van der Waals surface area contributed by atoms with Gasteiger partial charge in [-0.15, -0.1) is 11.6 Å². The lowest BCUT2D eigenvalue weighted by molar-refractivity contribution is -0.141. The molecule has 0 spiro atoms. The Balaban J connectivity index is 1.73. The largest absolute Gasteiger partial charge is 0.353 e. The molecule has 1 aliphatic carbocycles. The smallest absolute Gasteiger partial charge is 0.245 e. The van der Waals surface area contributed by atoms with Crippen molar-refractivity contribution in [3.63, 3.8) is 0 Å². The first-order valence-electron chi connectivity index (χ1n) is 10.2. The summed E-state index contributed by atoms with van der Waals surface area (Å²) >= 11 is 6.49. The molecule has 1 heterocycles. The second kappa shape index (κ2) is 9.49. The van der Waals surface area contributed by atoms with Crippen molar-refractivity contribution in [2.45, 2.75) is 44.7 Å². The van der Waals surface area contributed by atoms with Crippen LogP contribution in [0.2, 0.25) is 0 Å². The molecule has 1 atom stereocenters. The number of hydrogen-bond donors (Lipinski definition) is 0. The van der Waals surface area contributed by atoms with Gasteiger partial charge in [-0.1, -0.05) is 44.2 Å². The van der Waals surface area contributed by atoms with Crippen LogP contribution in [0.25, 0.3) is 0 Å². The third kappa shape index (κ3) is 5.63. The van der Waals surface area contributed by atoms with Gasteiger partial charge in [-0.25, -0.2) is 0 Å². The van der Waals surface area contributed by atoms with Crippen LogP contribution in [0.1, 0.15) is 43.3 Å². The normalized spacial score (nSPS) is 14.7. The van der Waals surface area contributed by atoms with Gasteiger partial charge in [0.05, 0.1) is 6.54 Å². The number of aryl methyl sites for hydroxylation is 1. The second-order valence-corrected chi connectivity index (χ2v) is 8.69. The van der Waals surface area contributed by atoms with Gasteiger partial charge in [-0.3, -0.25) is 9.59 Å². The van der Waals surface area contributed by atoms with Crippen LogP contribution in [0, 0.1) is 5.92 Å². The monoisotopic (exact) mass is 415 g/mol. The highest BCUT2D eigenvalue weighted by Gasteiger charge is 2.37. The summed E-state index contributed by atoms with van der Waals surface area (Å²) in [4.78, 5) is 29.8. The highest BCUT2D eigenvalue weighted by atomic mass is 35.5. The van der Waals surface area contributed by atoms with Gasteiger partial charge in [0.1, 0.15) is 11.9 Å². The van der Waals surface area contributed by atoms with E-state index < -0.39 is 5.38 Å². The molecule has 0 saturated heterocycles. The maximum absolute atomic E-state index is 13.2. The zero-order chi connectivity index (χ0) is 21.0. The van der Waals surface area contributed by atoms with Gasteiger partial charge in [-0.2, -0.15) is 0 Å². The van der Waals surface area contributed by atoms with Gasteiger partial charge in [0.2, 0.25) is 11.8 Å². The predicted molar refractivity (Wildman–Crippen MR) is 115 cm³/mol. The maximum Gasteiger partial charge on any atom is 0.245 e. The molecule has 1 aromatic carbocycles. The number of carbonyl (C=O) groups excluding carboxylic acids is 2. The molecule has 0 aliphatic heterocycles. The molecule has 3 rings (SSSR count). The highest BCUT2D eigenvalue weighted by molar-refractivity contribution is 6.30. The van der Waals surface area contributed by atoms with E-state index in [2.05, 4.69) is 13.8 Å². The first-order valence-corrected chi connectivity index (χ1v) is 10.7. The highest BCUT2D eigenvalue weighted by Crippen LogP contribution is 2.32. The summed E-state index contributed by atoms with van der Waals surface area (Å²) < 4.78 is 2.02. The Labute approximate surface area is 178 Å². The molecular weight excluding hydrogens is 386 g/mol. The number of carbonyl (C=O) groups is 2. The van der Waals surface area contributed by atoms with E-state index in [9.17, 15) is 9.59 Å². The number of alkyl halides is 1. The van der Waals surface area contributed by atoms with Crippen LogP contribution in [0.3, 0.4) is 0 Å². The van der Waals surface area contributed by atoms with E-state index in [1.54, 1.807) is 4.90 Å². The van der Waals surface area contributed by atoms with E-state index in [1.807, 2.05) is 65.2 Å². The molecule has 2 aromatic rings. The third-order valence-corrected chi connectivity index (χ3v) is 5.67. The van der Waals surface area contributed by atoms with E-state index in [4.69, 9.17) is 11.6 Å². The van der Waals surface area contributed by atoms with Gasteiger partial charge in [-0.05, 0) is 36.5 Å². The van der Waals surface area contributed by atoms with Crippen molar-refractivity contribution < 1.29 is 9.59 Å². The predicted octanol–water partition coefficient (Wildman–Crippen LogP) is 3.98. The van der Waals surface area contributed by atoms with Gasteiger partial charge >= 0.3 is 0 Å². The Morgan fingerprint density at radius 3 is 2.38 bits per heavy atom. The summed E-state index contributed by atoms with van der Waals surface area (Å²) in [6.45, 7) is 5.46. The van der Waals surface area contributed by atoms with Crippen LogP contribution >= 0.6 is 11.6 Å². The zero-order valence-electron chi connectivity index (χ0n) is 17.4. The molecule has 6 heteroatoms. The minimum atomic E-state index is -0.768. The number of nitrogens with zero attached hydrogens (tertiary/aromatic N) is 3. The average molecular weight is 416 g/mol. The van der Waals surface area contributed by atoms with Gasteiger partial charge < -0.3 is 14.4 Å². The molecule has 1 saturated carbocycles. The van der Waals surface area contributed by atoms with Crippen LogP contribution in [-0.2, 0) is 23.2 Å². The van der Waals surface area contributed by atoms with Crippen molar-refractivity contribution in [2.24, 2.45) is 13.0 Å². The van der Waals surface area contributed by atoms with Crippen LogP contribution in [0.4, 0.5) is 0 Å². The molecule has 0 radical (unpaired) electrons. The summed E-state index contributed by atoms with van der Waals surface area (Å²) in [5.41, 5.74) is 1.84. The van der Waals surface area contributed by atoms with E-state index in [0.717, 1.165) is 24.1 Å². The van der Waals surface area contributed by atoms with Crippen molar-refractivity contribution in [3.05, 3.63) is 59.9 Å². The van der Waals surface area contributed by atoms with Crippen molar-refractivity contribution >= 4 is 23.4 Å². The summed E-state index contributed by atoms with van der Waals surface area (Å²) in [7, 11) is 1.98. The Hall–Kier alpha value is -2.27. The van der Waals surface area contributed by atoms with Gasteiger partial charge in [0.25, 0.3) is 0 Å². The SMILES string of the molecule is CC(C)CN(Cc1cccn1C)C(=O)CN(C(=O)C(Cl)c1ccccc1)C1CC1. The molecule has 1 aromatic heterocycles. The molecule has 1 fully saturated rings. The van der Waals surface area contributed by atoms with E-state index >= 15 is 0 Å². The number of hydrogen-bond acceptors (Lipinski definition) is 2. The van der Waals surface area contributed by atoms with Gasteiger partial charge in [0.15, 0.2) is 0 Å². The van der Waals surface area contributed by atoms with E-state index in [-0.39, 0.29) is 24.4 Å². The molecule has 5 nitrogen and oxygen atoms in total. The Morgan fingerprint density at radius 1 is 1.14 bits per heavy atom. The minimum Gasteiger partial charge on any atom is -0.353 e. The van der Waals surface area contributed by atoms with Crippen molar-refractivity contribution in [1.29, 1.82) is 0 Å². The minimum absolute atomic E-state index is 0.0305. The molecule has 2 amide bonds. The molecule has 29 heavy (non-hydrogen) atoms. The van der Waals surface area contributed by atoms with Crippen LogP contribution in [0.15, 0.2) is 48.7 Å². The first kappa shape index (κ1) is 21.4. The molecule has 0 bridgehead atoms. The van der Waals surface area contributed by atoms with Crippen molar-refractivity contribution in [1.82, 2.24) is 14.4 Å². The zero-order valence-corrected chi connectivity index (χ0v) is 18.2. The third-order valence-electron chi connectivity index (χ3n) is 5.23. The second-order valence-electron chi connectivity index (χ2n) is 8.25. The fraction of sp³-hybridized carbons (Fsp3) is 0.478. The fourth-order valence-electron chi connectivity index (χ4n) is 3.48. The molecule has 156 valence electrons. The summed E-state index contributed by atoms with van der Waals surface area (Å²) in [5.74, 6) is 0.128. The summed E-state index contributed by atoms with van der Waals surface area (Å²) in [5, 5.41) is -0.768. The number of aromatic nitrogens is 1. The fourth-order valence-corrected chi connectivity index (χ4v) is 3.75. The lowest BCUT2D eigenvalue weighted by Crippen LogP contribution is -2.45. The maximum atomic E-state index is 13.2. The van der Waals surface area contributed by atoms with Crippen molar-refractivity contribution in [3.8, 4) is 0 Å². The Kier molecular flexibility index (Phi) is 7.01. The summed E-state index contributed by atoms with van der Waals surface area (Å²) in [6.07, 6.45) is 3.84. The van der Waals surface area contributed by atoms with Gasteiger partial charge in [0, 0.05) is 31.5 Å². The van der Waals surface area contributed by atoms with Crippen LogP contribution in [-0.4, -0.2) is 45.3 Å². The average Bonchev–Trinajstić information content (AvgIpc) is 3.47. The number of amides is 2. The van der Waals surface area contributed by atoms with Crippen molar-refractivity contribution in [2.75, 3.05) is 13.1 Å². The lowest BCUT2D eigenvalue weighted by Gasteiger charge is -2.30. The van der Waals surface area contributed by atoms with Crippen LogP contribution in [0.5, 0.6) is 0 Å².